The van der Waals surface area contributed by atoms with Crippen molar-refractivity contribution in [2.24, 2.45) is 17.6 Å². The van der Waals surface area contributed by atoms with Crippen LogP contribution in [0.2, 0.25) is 0 Å². The molecule has 3 rings (SSSR count). The van der Waals surface area contributed by atoms with E-state index >= 15 is 0 Å². The summed E-state index contributed by atoms with van der Waals surface area (Å²) in [5, 5.41) is 0. The van der Waals surface area contributed by atoms with Gasteiger partial charge in [0.05, 0.1) is 5.69 Å². The Morgan fingerprint density at radius 2 is 2.24 bits per heavy atom. The van der Waals surface area contributed by atoms with E-state index in [9.17, 15) is 0 Å². The quantitative estimate of drug-likeness (QED) is 0.888. The molecule has 0 spiro atoms. The molecule has 0 aliphatic heterocycles. The van der Waals surface area contributed by atoms with E-state index in [1.165, 1.54) is 12.1 Å². The molecule has 114 valence electrons. The summed E-state index contributed by atoms with van der Waals surface area (Å²) in [6, 6.07) is 6.36. The van der Waals surface area contributed by atoms with Gasteiger partial charge < -0.3 is 15.0 Å². The van der Waals surface area contributed by atoms with Crippen LogP contribution < -0.4 is 10.6 Å². The molecule has 0 bridgehead atoms. The lowest BCUT2D eigenvalue weighted by molar-refractivity contribution is 0.630. The van der Waals surface area contributed by atoms with Gasteiger partial charge in [-0.2, -0.15) is 0 Å². The number of hydrogen-bond donors (Lipinski definition) is 1. The van der Waals surface area contributed by atoms with Crippen molar-refractivity contribution in [2.75, 3.05) is 18.5 Å². The molecular weight excluding hydrogens is 260 g/mol. The lowest BCUT2D eigenvalue weighted by Crippen LogP contribution is -2.26. The molecule has 2 aromatic heterocycles. The van der Waals surface area contributed by atoms with Gasteiger partial charge in [-0.25, -0.2) is 4.98 Å². The number of fused-ring (bicyclic) bond motifs is 1. The van der Waals surface area contributed by atoms with Gasteiger partial charge in [0.1, 0.15) is 5.65 Å². The first-order valence-corrected chi connectivity index (χ1v) is 8.02. The van der Waals surface area contributed by atoms with Crippen LogP contribution >= 0.6 is 0 Å². The topological polar surface area (TPSA) is 46.6 Å². The highest BCUT2D eigenvalue weighted by Crippen LogP contribution is 2.39. The minimum Gasteiger partial charge on any atom is -0.358 e. The van der Waals surface area contributed by atoms with E-state index in [1.807, 2.05) is 6.07 Å². The Labute approximate surface area is 127 Å². The van der Waals surface area contributed by atoms with E-state index < -0.39 is 0 Å². The highest BCUT2D eigenvalue weighted by molar-refractivity contribution is 5.56. The Balaban J connectivity index is 1.93. The van der Waals surface area contributed by atoms with E-state index in [2.05, 4.69) is 48.5 Å². The van der Waals surface area contributed by atoms with E-state index in [0.29, 0.717) is 0 Å². The lowest BCUT2D eigenvalue weighted by Gasteiger charge is -2.19. The average Bonchev–Trinajstić information content (AvgIpc) is 3.04. The largest absolute Gasteiger partial charge is 0.358 e. The molecule has 2 aromatic rings. The van der Waals surface area contributed by atoms with Crippen LogP contribution in [0.4, 0.5) is 5.82 Å². The van der Waals surface area contributed by atoms with E-state index in [0.717, 1.165) is 42.7 Å². The number of nitrogens with zero attached hydrogens (tertiary/aromatic N) is 3. The van der Waals surface area contributed by atoms with Crippen LogP contribution in [0.1, 0.15) is 32.4 Å². The first-order valence-electron chi connectivity index (χ1n) is 8.02. The Bertz CT molecular complexity index is 618. The summed E-state index contributed by atoms with van der Waals surface area (Å²) < 4.78 is 2.19. The molecule has 0 amide bonds. The maximum Gasteiger partial charge on any atom is 0.150 e. The standard InChI is InChI=1S/C17H26N4/c1-4-14(18)10-15-17(20(3)11-13-9-12(13)2)19-16-7-5-6-8-21(15)16/h5-8,12-14H,4,9-11,18H2,1-3H3. The van der Waals surface area contributed by atoms with Crippen LogP contribution in [0.5, 0.6) is 0 Å². The summed E-state index contributed by atoms with van der Waals surface area (Å²) in [4.78, 5) is 7.16. The highest BCUT2D eigenvalue weighted by atomic mass is 15.2. The van der Waals surface area contributed by atoms with Gasteiger partial charge in [-0.05, 0) is 36.8 Å². The lowest BCUT2D eigenvalue weighted by atomic mass is 10.1. The second kappa shape index (κ2) is 5.68. The summed E-state index contributed by atoms with van der Waals surface area (Å²) in [6.07, 6.45) is 5.31. The Morgan fingerprint density at radius 3 is 2.90 bits per heavy atom. The zero-order chi connectivity index (χ0) is 15.0. The first-order chi connectivity index (χ1) is 10.1. The molecule has 0 radical (unpaired) electrons. The van der Waals surface area contributed by atoms with Gasteiger partial charge >= 0.3 is 0 Å². The Hall–Kier alpha value is -1.55. The van der Waals surface area contributed by atoms with Crippen LogP contribution in [-0.2, 0) is 6.42 Å². The fraction of sp³-hybridized carbons (Fsp3) is 0.588. The molecule has 1 fully saturated rings. The first kappa shape index (κ1) is 14.4. The highest BCUT2D eigenvalue weighted by Gasteiger charge is 2.34. The third-order valence-corrected chi connectivity index (χ3v) is 4.73. The fourth-order valence-corrected chi connectivity index (χ4v) is 3.01. The third kappa shape index (κ3) is 2.91. The molecule has 2 heterocycles. The number of anilines is 1. The van der Waals surface area contributed by atoms with Crippen molar-refractivity contribution in [1.29, 1.82) is 0 Å². The minimum atomic E-state index is 0.192. The Morgan fingerprint density at radius 1 is 1.48 bits per heavy atom. The fourth-order valence-electron chi connectivity index (χ4n) is 3.01. The molecular formula is C17H26N4. The minimum absolute atomic E-state index is 0.192. The summed E-state index contributed by atoms with van der Waals surface area (Å²) in [5.41, 5.74) is 8.46. The van der Waals surface area contributed by atoms with Gasteiger partial charge in [0.25, 0.3) is 0 Å². The summed E-state index contributed by atoms with van der Waals surface area (Å²) in [6.45, 7) is 5.57. The van der Waals surface area contributed by atoms with Crippen molar-refractivity contribution in [2.45, 2.75) is 39.2 Å². The molecule has 3 unspecified atom stereocenters. The average molecular weight is 286 g/mol. The zero-order valence-corrected chi connectivity index (χ0v) is 13.3. The van der Waals surface area contributed by atoms with Gasteiger partial charge in [-0.15, -0.1) is 0 Å². The maximum absolute atomic E-state index is 6.20. The van der Waals surface area contributed by atoms with Crippen molar-refractivity contribution in [3.63, 3.8) is 0 Å². The van der Waals surface area contributed by atoms with E-state index in [-0.39, 0.29) is 6.04 Å². The molecule has 2 N–H and O–H groups in total. The van der Waals surface area contributed by atoms with Gasteiger partial charge in [-0.1, -0.05) is 19.9 Å². The van der Waals surface area contributed by atoms with Crippen molar-refractivity contribution >= 4 is 11.5 Å². The van der Waals surface area contributed by atoms with Crippen LogP contribution in [0.3, 0.4) is 0 Å². The molecule has 0 aromatic carbocycles. The van der Waals surface area contributed by atoms with Crippen molar-refractivity contribution < 1.29 is 0 Å². The van der Waals surface area contributed by atoms with E-state index in [1.54, 1.807) is 0 Å². The van der Waals surface area contributed by atoms with Crippen LogP contribution in [0.25, 0.3) is 5.65 Å². The third-order valence-electron chi connectivity index (χ3n) is 4.73. The molecule has 1 aliphatic rings. The molecule has 1 saturated carbocycles. The number of nitrogens with two attached hydrogens (primary N) is 1. The normalized spacial score (nSPS) is 22.5. The molecule has 3 atom stereocenters. The molecule has 1 aliphatic carbocycles. The number of rotatable bonds is 6. The number of hydrogen-bond acceptors (Lipinski definition) is 3. The second-order valence-electron chi connectivity index (χ2n) is 6.54. The van der Waals surface area contributed by atoms with Gasteiger partial charge in [0, 0.05) is 32.3 Å². The van der Waals surface area contributed by atoms with Gasteiger partial charge in [0.15, 0.2) is 5.82 Å². The predicted molar refractivity (Wildman–Crippen MR) is 87.7 cm³/mol. The number of aromatic nitrogens is 2. The summed E-state index contributed by atoms with van der Waals surface area (Å²) in [7, 11) is 2.16. The van der Waals surface area contributed by atoms with Crippen molar-refractivity contribution in [3.05, 3.63) is 30.1 Å². The predicted octanol–water partition coefficient (Wildman–Crippen LogP) is 2.71. The van der Waals surface area contributed by atoms with E-state index in [4.69, 9.17) is 10.7 Å². The van der Waals surface area contributed by atoms with Crippen LogP contribution in [0, 0.1) is 11.8 Å². The number of imidazole rings is 1. The van der Waals surface area contributed by atoms with Gasteiger partial charge in [0.2, 0.25) is 0 Å². The van der Waals surface area contributed by atoms with Crippen molar-refractivity contribution in [3.8, 4) is 0 Å². The van der Waals surface area contributed by atoms with Crippen LogP contribution in [-0.4, -0.2) is 29.0 Å². The molecule has 0 saturated heterocycles. The van der Waals surface area contributed by atoms with Crippen molar-refractivity contribution in [1.82, 2.24) is 9.38 Å². The van der Waals surface area contributed by atoms with Gasteiger partial charge in [-0.3, -0.25) is 0 Å². The molecule has 4 nitrogen and oxygen atoms in total. The monoisotopic (exact) mass is 286 g/mol. The van der Waals surface area contributed by atoms with Crippen LogP contribution in [0.15, 0.2) is 24.4 Å². The molecule has 21 heavy (non-hydrogen) atoms. The summed E-state index contributed by atoms with van der Waals surface area (Å²) in [5.74, 6) is 2.79. The molecule has 4 heteroatoms. The smallest absolute Gasteiger partial charge is 0.150 e. The maximum atomic E-state index is 6.20. The number of pyridine rings is 1. The SMILES string of the molecule is CCC(N)Cc1c(N(C)CC2CC2C)nc2ccccn12. The second-order valence-corrected chi connectivity index (χ2v) is 6.54. The zero-order valence-electron chi connectivity index (χ0n) is 13.3. The Kier molecular flexibility index (Phi) is 3.89. The summed E-state index contributed by atoms with van der Waals surface area (Å²) >= 11 is 0.